The first-order chi connectivity index (χ1) is 11.0. The molecule has 23 heavy (non-hydrogen) atoms. The monoisotopic (exact) mass is 339 g/mol. The van der Waals surface area contributed by atoms with Crippen LogP contribution in [-0.4, -0.2) is 45.1 Å². The molecule has 1 atom stereocenters. The van der Waals surface area contributed by atoms with Crippen LogP contribution in [0.25, 0.3) is 0 Å². The van der Waals surface area contributed by atoms with Crippen LogP contribution in [0.15, 0.2) is 24.3 Å². The summed E-state index contributed by atoms with van der Waals surface area (Å²) in [6.45, 7) is 0.631. The molecular formula is C16H21NO5S. The predicted octanol–water partition coefficient (Wildman–Crippen LogP) is 1.16. The van der Waals surface area contributed by atoms with Crippen molar-refractivity contribution in [3.05, 3.63) is 24.3 Å². The molecule has 2 fully saturated rings. The lowest BCUT2D eigenvalue weighted by molar-refractivity contribution is -0.123. The van der Waals surface area contributed by atoms with E-state index in [-0.39, 0.29) is 30.1 Å². The van der Waals surface area contributed by atoms with E-state index in [1.54, 1.807) is 12.1 Å². The predicted molar refractivity (Wildman–Crippen MR) is 85.4 cm³/mol. The molecule has 0 spiro atoms. The SMILES string of the molecule is O=C(COc1ccc(OCC2CC2)cc1)N[C@H]1CCS(=O)(=O)C1. The highest BCUT2D eigenvalue weighted by molar-refractivity contribution is 7.91. The smallest absolute Gasteiger partial charge is 0.258 e. The first-order valence-electron chi connectivity index (χ1n) is 7.86. The Hall–Kier alpha value is -1.76. The standard InChI is InChI=1S/C16H21NO5S/c18-16(17-13-7-8-23(19,20)11-13)10-22-15-5-3-14(4-6-15)21-9-12-1-2-12/h3-6,12-13H,1-2,7-11H2,(H,17,18)/t13-/m0/s1. The summed E-state index contributed by atoms with van der Waals surface area (Å²) in [5.41, 5.74) is 0. The molecule has 2 aliphatic rings. The van der Waals surface area contributed by atoms with Gasteiger partial charge in [0.2, 0.25) is 0 Å². The van der Waals surface area contributed by atoms with Crippen LogP contribution in [0, 0.1) is 5.92 Å². The first-order valence-corrected chi connectivity index (χ1v) is 9.68. The van der Waals surface area contributed by atoms with Gasteiger partial charge in [0.15, 0.2) is 16.4 Å². The number of nitrogens with one attached hydrogen (secondary N) is 1. The third-order valence-electron chi connectivity index (χ3n) is 3.97. The highest BCUT2D eigenvalue weighted by atomic mass is 32.2. The molecule has 1 aromatic rings. The largest absolute Gasteiger partial charge is 0.493 e. The van der Waals surface area contributed by atoms with Crippen LogP contribution in [0.2, 0.25) is 0 Å². The van der Waals surface area contributed by atoms with E-state index >= 15 is 0 Å². The van der Waals surface area contributed by atoms with Crippen molar-refractivity contribution in [1.29, 1.82) is 0 Å². The zero-order valence-electron chi connectivity index (χ0n) is 12.9. The van der Waals surface area contributed by atoms with E-state index in [0.717, 1.165) is 12.4 Å². The van der Waals surface area contributed by atoms with E-state index < -0.39 is 9.84 Å². The molecule has 1 aliphatic carbocycles. The lowest BCUT2D eigenvalue weighted by atomic mass is 10.2. The third kappa shape index (κ3) is 5.13. The maximum atomic E-state index is 11.8. The van der Waals surface area contributed by atoms with Gasteiger partial charge in [-0.2, -0.15) is 0 Å². The van der Waals surface area contributed by atoms with Crippen molar-refractivity contribution in [2.75, 3.05) is 24.7 Å². The Morgan fingerprint density at radius 2 is 1.74 bits per heavy atom. The van der Waals surface area contributed by atoms with Gasteiger partial charge in [0.05, 0.1) is 18.1 Å². The van der Waals surface area contributed by atoms with Crippen LogP contribution in [0.5, 0.6) is 11.5 Å². The second-order valence-corrected chi connectivity index (χ2v) is 8.41. The number of carbonyl (C=O) groups is 1. The van der Waals surface area contributed by atoms with E-state index in [2.05, 4.69) is 5.32 Å². The summed E-state index contributed by atoms with van der Waals surface area (Å²) in [6.07, 6.45) is 2.97. The number of ether oxygens (including phenoxy) is 2. The Bertz CT molecular complexity index is 652. The number of hydrogen-bond acceptors (Lipinski definition) is 5. The minimum atomic E-state index is -2.99. The molecular weight excluding hydrogens is 318 g/mol. The van der Waals surface area contributed by atoms with E-state index in [0.29, 0.717) is 18.1 Å². The first kappa shape index (κ1) is 16.1. The van der Waals surface area contributed by atoms with Crippen LogP contribution in [0.1, 0.15) is 19.3 Å². The number of benzene rings is 1. The summed E-state index contributed by atoms with van der Waals surface area (Å²) in [7, 11) is -2.99. The average molecular weight is 339 g/mol. The second kappa shape index (κ2) is 6.78. The summed E-state index contributed by atoms with van der Waals surface area (Å²) in [5, 5.41) is 2.69. The van der Waals surface area contributed by atoms with Gasteiger partial charge in [-0.25, -0.2) is 8.42 Å². The van der Waals surface area contributed by atoms with Gasteiger partial charge < -0.3 is 14.8 Å². The summed E-state index contributed by atoms with van der Waals surface area (Å²) in [4.78, 5) is 11.8. The average Bonchev–Trinajstić information content (AvgIpc) is 3.28. The van der Waals surface area contributed by atoms with Crippen molar-refractivity contribution in [3.63, 3.8) is 0 Å². The van der Waals surface area contributed by atoms with Crippen LogP contribution in [-0.2, 0) is 14.6 Å². The number of sulfone groups is 1. The summed E-state index contributed by atoms with van der Waals surface area (Å²) in [6, 6.07) is 6.86. The molecule has 1 amide bonds. The molecule has 126 valence electrons. The van der Waals surface area contributed by atoms with Crippen molar-refractivity contribution in [3.8, 4) is 11.5 Å². The minimum Gasteiger partial charge on any atom is -0.493 e. The van der Waals surface area contributed by atoms with E-state index in [1.165, 1.54) is 12.8 Å². The number of carbonyl (C=O) groups excluding carboxylic acids is 1. The van der Waals surface area contributed by atoms with Gasteiger partial charge in [0.25, 0.3) is 5.91 Å². The third-order valence-corrected chi connectivity index (χ3v) is 5.74. The molecule has 1 aliphatic heterocycles. The fourth-order valence-electron chi connectivity index (χ4n) is 2.46. The van der Waals surface area contributed by atoms with Crippen LogP contribution < -0.4 is 14.8 Å². The molecule has 0 unspecified atom stereocenters. The van der Waals surface area contributed by atoms with Gasteiger partial charge >= 0.3 is 0 Å². The normalized spacial score (nSPS) is 22.5. The second-order valence-electron chi connectivity index (χ2n) is 6.18. The van der Waals surface area contributed by atoms with Crippen LogP contribution >= 0.6 is 0 Å². The number of hydrogen-bond donors (Lipinski definition) is 1. The highest BCUT2D eigenvalue weighted by Crippen LogP contribution is 2.29. The fraction of sp³-hybridized carbons (Fsp3) is 0.562. The zero-order chi connectivity index (χ0) is 16.3. The van der Waals surface area contributed by atoms with E-state index in [4.69, 9.17) is 9.47 Å². The maximum Gasteiger partial charge on any atom is 0.258 e. The Labute approximate surface area is 136 Å². The van der Waals surface area contributed by atoms with Gasteiger partial charge in [-0.1, -0.05) is 0 Å². The van der Waals surface area contributed by atoms with Crippen LogP contribution in [0.4, 0.5) is 0 Å². The quantitative estimate of drug-likeness (QED) is 0.806. The topological polar surface area (TPSA) is 81.7 Å². The van der Waals surface area contributed by atoms with Gasteiger partial charge in [0, 0.05) is 6.04 Å². The molecule has 0 aromatic heterocycles. The molecule has 1 saturated heterocycles. The number of amides is 1. The van der Waals surface area contributed by atoms with Crippen molar-refractivity contribution in [2.24, 2.45) is 5.92 Å². The maximum absolute atomic E-state index is 11.8. The van der Waals surface area contributed by atoms with Gasteiger partial charge in [-0.15, -0.1) is 0 Å². The van der Waals surface area contributed by atoms with Crippen molar-refractivity contribution in [1.82, 2.24) is 5.32 Å². The Morgan fingerprint density at radius 3 is 2.30 bits per heavy atom. The zero-order valence-corrected chi connectivity index (χ0v) is 13.7. The molecule has 6 nitrogen and oxygen atoms in total. The van der Waals surface area contributed by atoms with Gasteiger partial charge in [0.1, 0.15) is 11.5 Å². The number of rotatable bonds is 7. The molecule has 0 bridgehead atoms. The lowest BCUT2D eigenvalue weighted by Gasteiger charge is -2.12. The van der Waals surface area contributed by atoms with Crippen molar-refractivity contribution < 1.29 is 22.7 Å². The molecule has 1 saturated carbocycles. The summed E-state index contributed by atoms with van der Waals surface area (Å²) >= 11 is 0. The van der Waals surface area contributed by atoms with Gasteiger partial charge in [-0.05, 0) is 49.4 Å². The Morgan fingerprint density at radius 1 is 1.09 bits per heavy atom. The lowest BCUT2D eigenvalue weighted by Crippen LogP contribution is -2.38. The summed E-state index contributed by atoms with van der Waals surface area (Å²) < 4.78 is 33.7. The van der Waals surface area contributed by atoms with Crippen molar-refractivity contribution >= 4 is 15.7 Å². The highest BCUT2D eigenvalue weighted by Gasteiger charge is 2.28. The molecule has 7 heteroatoms. The van der Waals surface area contributed by atoms with Crippen molar-refractivity contribution in [2.45, 2.75) is 25.3 Å². The molecule has 1 N–H and O–H groups in total. The minimum absolute atomic E-state index is 0.0196. The Balaban J connectivity index is 1.39. The molecule has 1 aromatic carbocycles. The summed E-state index contributed by atoms with van der Waals surface area (Å²) in [5.74, 6) is 1.94. The van der Waals surface area contributed by atoms with Crippen LogP contribution in [0.3, 0.4) is 0 Å². The fourth-order valence-corrected chi connectivity index (χ4v) is 4.13. The van der Waals surface area contributed by atoms with E-state index in [9.17, 15) is 13.2 Å². The molecule has 1 heterocycles. The molecule has 0 radical (unpaired) electrons. The van der Waals surface area contributed by atoms with Gasteiger partial charge in [-0.3, -0.25) is 4.79 Å². The Kier molecular flexibility index (Phi) is 4.75. The van der Waals surface area contributed by atoms with E-state index in [1.807, 2.05) is 12.1 Å². The molecule has 3 rings (SSSR count).